The number of hydrogen-bond acceptors (Lipinski definition) is 1. The van der Waals surface area contributed by atoms with Gasteiger partial charge in [-0.1, -0.05) is 49.7 Å². The van der Waals surface area contributed by atoms with Crippen LogP contribution in [0.4, 0.5) is 0 Å². The summed E-state index contributed by atoms with van der Waals surface area (Å²) in [6, 6.07) is 8.55. The van der Waals surface area contributed by atoms with Gasteiger partial charge in [0.1, 0.15) is 0 Å². The van der Waals surface area contributed by atoms with Gasteiger partial charge in [-0.25, -0.2) is 0 Å². The van der Waals surface area contributed by atoms with Crippen LogP contribution >= 0.6 is 11.6 Å². The summed E-state index contributed by atoms with van der Waals surface area (Å²) < 4.78 is 0. The molecule has 1 aliphatic carbocycles. The fourth-order valence-electron chi connectivity index (χ4n) is 2.23. The maximum absolute atomic E-state index is 11.5. The Morgan fingerprint density at radius 1 is 1.18 bits per heavy atom. The van der Waals surface area contributed by atoms with Crippen molar-refractivity contribution in [3.63, 3.8) is 0 Å². The molecule has 2 heteroatoms. The van der Waals surface area contributed by atoms with E-state index in [1.807, 2.05) is 0 Å². The van der Waals surface area contributed by atoms with Crippen molar-refractivity contribution < 1.29 is 4.79 Å². The number of ketones is 1. The van der Waals surface area contributed by atoms with E-state index >= 15 is 0 Å². The Labute approximate surface area is 107 Å². The van der Waals surface area contributed by atoms with E-state index < -0.39 is 0 Å². The van der Waals surface area contributed by atoms with Gasteiger partial charge in [0.2, 0.25) is 0 Å². The average molecular weight is 249 g/mol. The predicted octanol–water partition coefficient (Wildman–Crippen LogP) is 4.38. The summed E-state index contributed by atoms with van der Waals surface area (Å²) in [7, 11) is 0. The Kier molecular flexibility index (Phi) is 3.68. The summed E-state index contributed by atoms with van der Waals surface area (Å²) in [5, 5.41) is 0.680. The molecule has 2 rings (SSSR count). The van der Waals surface area contributed by atoms with E-state index in [0.29, 0.717) is 17.4 Å². The van der Waals surface area contributed by atoms with Gasteiger partial charge >= 0.3 is 0 Å². The number of halogens is 1. The minimum atomic E-state index is 0.138. The van der Waals surface area contributed by atoms with Crippen molar-refractivity contribution in [3.8, 4) is 0 Å². The maximum Gasteiger partial charge on any atom is 0.157 e. The maximum atomic E-state index is 11.5. The van der Waals surface area contributed by atoms with Crippen molar-refractivity contribution in [1.82, 2.24) is 0 Å². The fraction of sp³-hybridized carbons (Fsp3) is 0.400. The molecule has 0 saturated heterocycles. The van der Waals surface area contributed by atoms with E-state index in [2.05, 4.69) is 38.1 Å². The van der Waals surface area contributed by atoms with Crippen molar-refractivity contribution in [3.05, 3.63) is 46.5 Å². The Morgan fingerprint density at radius 2 is 1.82 bits per heavy atom. The molecule has 1 nitrogen and oxygen atoms in total. The van der Waals surface area contributed by atoms with Gasteiger partial charge < -0.3 is 0 Å². The molecule has 0 unspecified atom stereocenters. The molecule has 90 valence electrons. The van der Waals surface area contributed by atoms with Crippen LogP contribution in [0.25, 0.3) is 0 Å². The molecule has 0 N–H and O–H groups in total. The van der Waals surface area contributed by atoms with E-state index in [0.717, 1.165) is 6.42 Å². The van der Waals surface area contributed by atoms with Gasteiger partial charge in [0.25, 0.3) is 0 Å². The highest BCUT2D eigenvalue weighted by molar-refractivity contribution is 6.31. The van der Waals surface area contributed by atoms with Gasteiger partial charge in [-0.05, 0) is 35.5 Å². The third-order valence-electron chi connectivity index (χ3n) is 3.28. The second-order valence-electron chi connectivity index (χ2n) is 4.98. The lowest BCUT2D eigenvalue weighted by molar-refractivity contribution is -0.115. The van der Waals surface area contributed by atoms with Crippen LogP contribution in [0, 0.1) is 0 Å². The van der Waals surface area contributed by atoms with Gasteiger partial charge in [0, 0.05) is 11.5 Å². The number of carbonyl (C=O) groups is 1. The Balaban J connectivity index is 2.18. The third-order valence-corrected chi connectivity index (χ3v) is 3.54. The van der Waals surface area contributed by atoms with Crippen LogP contribution in [-0.2, 0) is 4.79 Å². The van der Waals surface area contributed by atoms with E-state index in [1.54, 1.807) is 6.08 Å². The minimum absolute atomic E-state index is 0.138. The van der Waals surface area contributed by atoms with Gasteiger partial charge in [-0.15, -0.1) is 0 Å². The Bertz CT molecular complexity index is 442. The molecule has 17 heavy (non-hydrogen) atoms. The molecule has 1 aliphatic rings. The quantitative estimate of drug-likeness (QED) is 0.759. The number of allylic oxidation sites excluding steroid dienone is 2. The van der Waals surface area contributed by atoms with Crippen LogP contribution in [0.1, 0.15) is 49.7 Å². The van der Waals surface area contributed by atoms with Gasteiger partial charge in [0.15, 0.2) is 5.78 Å². The van der Waals surface area contributed by atoms with Crippen LogP contribution in [0.5, 0.6) is 0 Å². The first-order valence-electron chi connectivity index (χ1n) is 6.05. The van der Waals surface area contributed by atoms with Crippen LogP contribution < -0.4 is 0 Å². The topological polar surface area (TPSA) is 17.1 Å². The SMILES string of the molecule is CC(C)c1ccc([C@@H]2CC(=O)C=C(Cl)C2)cc1. The molecule has 0 saturated carbocycles. The molecule has 0 spiro atoms. The molecule has 1 aromatic rings. The highest BCUT2D eigenvalue weighted by Crippen LogP contribution is 2.33. The first-order valence-corrected chi connectivity index (χ1v) is 6.43. The third kappa shape index (κ3) is 2.98. The monoisotopic (exact) mass is 248 g/mol. The number of hydrogen-bond donors (Lipinski definition) is 0. The smallest absolute Gasteiger partial charge is 0.157 e. The van der Waals surface area contributed by atoms with Crippen LogP contribution in [-0.4, -0.2) is 5.78 Å². The first kappa shape index (κ1) is 12.4. The molecule has 0 amide bonds. The molecular weight excluding hydrogens is 232 g/mol. The largest absolute Gasteiger partial charge is 0.295 e. The van der Waals surface area contributed by atoms with Crippen molar-refractivity contribution >= 4 is 17.4 Å². The Hall–Kier alpha value is -1.08. The molecule has 0 aliphatic heterocycles. The summed E-state index contributed by atoms with van der Waals surface area (Å²) >= 11 is 5.98. The lowest BCUT2D eigenvalue weighted by atomic mass is 9.86. The molecular formula is C15H17ClO. The van der Waals surface area contributed by atoms with Gasteiger partial charge in [0.05, 0.1) is 0 Å². The average Bonchev–Trinajstić information content (AvgIpc) is 2.28. The van der Waals surface area contributed by atoms with Crippen molar-refractivity contribution in [2.24, 2.45) is 0 Å². The van der Waals surface area contributed by atoms with Crippen LogP contribution in [0.15, 0.2) is 35.4 Å². The van der Waals surface area contributed by atoms with Crippen molar-refractivity contribution in [2.45, 2.75) is 38.5 Å². The van der Waals surface area contributed by atoms with E-state index in [1.165, 1.54) is 11.1 Å². The number of benzene rings is 1. The highest BCUT2D eigenvalue weighted by atomic mass is 35.5. The second-order valence-corrected chi connectivity index (χ2v) is 5.47. The molecule has 1 atom stereocenters. The zero-order valence-electron chi connectivity index (χ0n) is 10.2. The zero-order chi connectivity index (χ0) is 12.4. The normalized spacial score (nSPS) is 20.6. The van der Waals surface area contributed by atoms with Crippen LogP contribution in [0.3, 0.4) is 0 Å². The minimum Gasteiger partial charge on any atom is -0.295 e. The van der Waals surface area contributed by atoms with Crippen LogP contribution in [0.2, 0.25) is 0 Å². The molecule has 0 bridgehead atoms. The number of rotatable bonds is 2. The standard InChI is InChI=1S/C15H17ClO/c1-10(2)11-3-5-12(6-4-11)13-7-14(16)9-15(17)8-13/h3-6,9-10,13H,7-8H2,1-2H3/t13-/m0/s1. The zero-order valence-corrected chi connectivity index (χ0v) is 11.0. The summed E-state index contributed by atoms with van der Waals surface area (Å²) in [4.78, 5) is 11.5. The fourth-order valence-corrected chi connectivity index (χ4v) is 2.54. The molecule has 0 aromatic heterocycles. The first-order chi connectivity index (χ1) is 8.06. The highest BCUT2D eigenvalue weighted by Gasteiger charge is 2.21. The Morgan fingerprint density at radius 3 is 2.35 bits per heavy atom. The molecule has 0 fully saturated rings. The second kappa shape index (κ2) is 5.05. The van der Waals surface area contributed by atoms with Crippen molar-refractivity contribution in [2.75, 3.05) is 0 Å². The lowest BCUT2D eigenvalue weighted by Crippen LogP contribution is -2.11. The van der Waals surface area contributed by atoms with E-state index in [9.17, 15) is 4.79 Å². The summed E-state index contributed by atoms with van der Waals surface area (Å²) in [5.41, 5.74) is 2.55. The van der Waals surface area contributed by atoms with E-state index in [4.69, 9.17) is 11.6 Å². The lowest BCUT2D eigenvalue weighted by Gasteiger charge is -2.20. The summed E-state index contributed by atoms with van der Waals surface area (Å²) in [5.74, 6) is 0.931. The molecule has 0 radical (unpaired) electrons. The number of carbonyl (C=O) groups excluding carboxylic acids is 1. The summed E-state index contributed by atoms with van der Waals surface area (Å²) in [6.07, 6.45) is 2.92. The van der Waals surface area contributed by atoms with Crippen molar-refractivity contribution in [1.29, 1.82) is 0 Å². The summed E-state index contributed by atoms with van der Waals surface area (Å²) in [6.45, 7) is 4.36. The molecule has 1 aromatic carbocycles. The predicted molar refractivity (Wildman–Crippen MR) is 71.4 cm³/mol. The molecule has 0 heterocycles. The van der Waals surface area contributed by atoms with Gasteiger partial charge in [-0.3, -0.25) is 4.79 Å². The van der Waals surface area contributed by atoms with E-state index in [-0.39, 0.29) is 11.7 Å². The van der Waals surface area contributed by atoms with Gasteiger partial charge in [-0.2, -0.15) is 0 Å².